The van der Waals surface area contributed by atoms with E-state index in [9.17, 15) is 9.90 Å². The van der Waals surface area contributed by atoms with Gasteiger partial charge in [0.2, 0.25) is 0 Å². The molecule has 1 N–H and O–H groups in total. The summed E-state index contributed by atoms with van der Waals surface area (Å²) in [5.41, 5.74) is 2.37. The van der Waals surface area contributed by atoms with Crippen LogP contribution in [0.4, 0.5) is 0 Å². The van der Waals surface area contributed by atoms with E-state index in [1.54, 1.807) is 6.07 Å². The average Bonchev–Trinajstić information content (AvgIpc) is 2.51. The van der Waals surface area contributed by atoms with Crippen molar-refractivity contribution in [3.05, 3.63) is 29.3 Å². The highest BCUT2D eigenvalue weighted by atomic mass is 16.5. The maximum atomic E-state index is 11.2. The molecule has 0 aromatic heterocycles. The monoisotopic (exact) mass is 291 g/mol. The molecule has 1 aromatic carbocycles. The fraction of sp³-hybridized carbons (Fsp3) is 0.588. The number of carbonyl (C=O) groups is 1. The summed E-state index contributed by atoms with van der Waals surface area (Å²) < 4.78 is 4.69. The third kappa shape index (κ3) is 3.97. The van der Waals surface area contributed by atoms with Crippen LogP contribution in [0.15, 0.2) is 18.2 Å². The van der Waals surface area contributed by atoms with Gasteiger partial charge in [0.05, 0.1) is 7.11 Å². The molecule has 0 saturated heterocycles. The number of phenols is 1. The van der Waals surface area contributed by atoms with Crippen LogP contribution >= 0.6 is 0 Å². The van der Waals surface area contributed by atoms with E-state index in [2.05, 4.69) is 22.6 Å². The van der Waals surface area contributed by atoms with Crippen molar-refractivity contribution >= 4 is 5.97 Å². The van der Waals surface area contributed by atoms with Gasteiger partial charge in [-0.15, -0.1) is 0 Å². The quantitative estimate of drug-likeness (QED) is 0.818. The van der Waals surface area contributed by atoms with Crippen LogP contribution in [0.1, 0.15) is 37.3 Å². The molecule has 0 spiro atoms. The zero-order valence-electron chi connectivity index (χ0n) is 13.0. The molecule has 0 heterocycles. The summed E-state index contributed by atoms with van der Waals surface area (Å²) in [5, 5.41) is 9.90. The van der Waals surface area contributed by atoms with Gasteiger partial charge in [-0.3, -0.25) is 4.79 Å². The summed E-state index contributed by atoms with van der Waals surface area (Å²) in [6.07, 6.45) is 4.30. The largest absolute Gasteiger partial charge is 0.508 e. The number of rotatable bonds is 6. The Morgan fingerprint density at radius 2 is 2.29 bits per heavy atom. The summed E-state index contributed by atoms with van der Waals surface area (Å²) in [6.45, 7) is 4.07. The number of likely N-dealkylation sites (N-methyl/N-ethyl adjacent to an activating group) is 1. The zero-order chi connectivity index (χ0) is 15.2. The number of phenolic OH excluding ortho intramolecular Hbond substituents is 1. The molecule has 0 aliphatic heterocycles. The maximum absolute atomic E-state index is 11.2. The predicted octanol–water partition coefficient (Wildman–Crippen LogP) is 2.52. The SMILES string of the molecule is CCN(CCCC(=O)OC)C1CCc2c(O)cccc2C1. The highest BCUT2D eigenvalue weighted by Crippen LogP contribution is 2.30. The van der Waals surface area contributed by atoms with Crippen molar-refractivity contribution in [2.45, 2.75) is 45.1 Å². The van der Waals surface area contributed by atoms with Gasteiger partial charge >= 0.3 is 5.97 Å². The van der Waals surface area contributed by atoms with Gasteiger partial charge < -0.3 is 14.7 Å². The number of hydrogen-bond acceptors (Lipinski definition) is 4. The molecule has 0 radical (unpaired) electrons. The Labute approximate surface area is 126 Å². The molecular weight excluding hydrogens is 266 g/mol. The van der Waals surface area contributed by atoms with Crippen molar-refractivity contribution < 1.29 is 14.6 Å². The molecule has 1 aliphatic carbocycles. The number of aromatic hydroxyl groups is 1. The van der Waals surface area contributed by atoms with Crippen LogP contribution in [0.5, 0.6) is 5.75 Å². The molecule has 0 saturated carbocycles. The van der Waals surface area contributed by atoms with E-state index < -0.39 is 0 Å². The molecule has 116 valence electrons. The molecular formula is C17H25NO3. The van der Waals surface area contributed by atoms with Gasteiger partial charge in [0.15, 0.2) is 0 Å². The Hall–Kier alpha value is -1.55. The third-order valence-electron chi connectivity index (χ3n) is 4.41. The topological polar surface area (TPSA) is 49.8 Å². The van der Waals surface area contributed by atoms with Crippen LogP contribution in [0, 0.1) is 0 Å². The first kappa shape index (κ1) is 15.8. The second-order valence-electron chi connectivity index (χ2n) is 5.62. The smallest absolute Gasteiger partial charge is 0.305 e. The van der Waals surface area contributed by atoms with E-state index in [0.29, 0.717) is 18.2 Å². The second kappa shape index (κ2) is 7.46. The molecule has 1 aliphatic rings. The standard InChI is InChI=1S/C17H25NO3/c1-3-18(11-5-8-17(20)21-2)14-9-10-15-13(12-14)6-4-7-16(15)19/h4,6-7,14,19H,3,5,8-12H2,1-2H3. The lowest BCUT2D eigenvalue weighted by atomic mass is 9.87. The number of carbonyl (C=O) groups excluding carboxylic acids is 1. The van der Waals surface area contributed by atoms with Gasteiger partial charge in [0.1, 0.15) is 5.75 Å². The van der Waals surface area contributed by atoms with Crippen molar-refractivity contribution in [3.63, 3.8) is 0 Å². The van der Waals surface area contributed by atoms with Gasteiger partial charge in [0.25, 0.3) is 0 Å². The molecule has 1 atom stereocenters. The fourth-order valence-electron chi connectivity index (χ4n) is 3.21. The Balaban J connectivity index is 1.93. The minimum Gasteiger partial charge on any atom is -0.508 e. The lowest BCUT2D eigenvalue weighted by Gasteiger charge is -2.34. The van der Waals surface area contributed by atoms with Gasteiger partial charge in [-0.05, 0) is 56.0 Å². The first-order valence-electron chi connectivity index (χ1n) is 7.76. The van der Waals surface area contributed by atoms with Crippen molar-refractivity contribution in [1.82, 2.24) is 4.90 Å². The first-order chi connectivity index (χ1) is 10.2. The summed E-state index contributed by atoms with van der Waals surface area (Å²) in [4.78, 5) is 13.6. The maximum Gasteiger partial charge on any atom is 0.305 e. The molecule has 0 amide bonds. The summed E-state index contributed by atoms with van der Waals surface area (Å²) in [7, 11) is 1.43. The van der Waals surface area contributed by atoms with Gasteiger partial charge in [-0.25, -0.2) is 0 Å². The number of benzene rings is 1. The minimum atomic E-state index is -0.134. The van der Waals surface area contributed by atoms with E-state index in [1.807, 2.05) is 6.07 Å². The highest BCUT2D eigenvalue weighted by molar-refractivity contribution is 5.69. The summed E-state index contributed by atoms with van der Waals surface area (Å²) in [5.74, 6) is 0.296. The molecule has 4 heteroatoms. The van der Waals surface area contributed by atoms with Crippen molar-refractivity contribution in [2.75, 3.05) is 20.2 Å². The van der Waals surface area contributed by atoms with Gasteiger partial charge in [0, 0.05) is 12.5 Å². The lowest BCUT2D eigenvalue weighted by Crippen LogP contribution is -2.40. The van der Waals surface area contributed by atoms with Gasteiger partial charge in [-0.1, -0.05) is 19.1 Å². The van der Waals surface area contributed by atoms with Crippen molar-refractivity contribution in [2.24, 2.45) is 0 Å². The zero-order valence-corrected chi connectivity index (χ0v) is 13.0. The van der Waals surface area contributed by atoms with Crippen LogP contribution < -0.4 is 0 Å². The lowest BCUT2D eigenvalue weighted by molar-refractivity contribution is -0.140. The van der Waals surface area contributed by atoms with Crippen LogP contribution in [-0.2, 0) is 22.4 Å². The number of methoxy groups -OCH3 is 1. The Bertz CT molecular complexity index is 487. The predicted molar refractivity (Wildman–Crippen MR) is 82.4 cm³/mol. The minimum absolute atomic E-state index is 0.134. The fourth-order valence-corrected chi connectivity index (χ4v) is 3.21. The van der Waals surface area contributed by atoms with Crippen LogP contribution in [-0.4, -0.2) is 42.2 Å². The average molecular weight is 291 g/mol. The molecule has 1 unspecified atom stereocenters. The molecule has 0 bridgehead atoms. The van der Waals surface area contributed by atoms with Crippen LogP contribution in [0.3, 0.4) is 0 Å². The number of hydrogen-bond donors (Lipinski definition) is 1. The highest BCUT2D eigenvalue weighted by Gasteiger charge is 2.24. The van der Waals surface area contributed by atoms with E-state index >= 15 is 0 Å². The van der Waals surface area contributed by atoms with E-state index in [1.165, 1.54) is 12.7 Å². The van der Waals surface area contributed by atoms with Crippen LogP contribution in [0.2, 0.25) is 0 Å². The molecule has 21 heavy (non-hydrogen) atoms. The van der Waals surface area contributed by atoms with Crippen LogP contribution in [0.25, 0.3) is 0 Å². The normalized spacial score (nSPS) is 17.6. The molecule has 0 fully saturated rings. The first-order valence-corrected chi connectivity index (χ1v) is 7.76. The third-order valence-corrected chi connectivity index (χ3v) is 4.41. The number of fused-ring (bicyclic) bond motifs is 1. The van der Waals surface area contributed by atoms with Gasteiger partial charge in [-0.2, -0.15) is 0 Å². The molecule has 1 aromatic rings. The Morgan fingerprint density at radius 1 is 1.48 bits per heavy atom. The van der Waals surface area contributed by atoms with Crippen molar-refractivity contribution in [3.8, 4) is 5.75 Å². The molecule has 4 nitrogen and oxygen atoms in total. The van der Waals surface area contributed by atoms with Crippen molar-refractivity contribution in [1.29, 1.82) is 0 Å². The number of ether oxygens (including phenoxy) is 1. The van der Waals surface area contributed by atoms with E-state index in [0.717, 1.165) is 44.3 Å². The van der Waals surface area contributed by atoms with E-state index in [4.69, 9.17) is 0 Å². The summed E-state index contributed by atoms with van der Waals surface area (Å²) in [6, 6.07) is 6.31. The Kier molecular flexibility index (Phi) is 5.62. The summed E-state index contributed by atoms with van der Waals surface area (Å²) >= 11 is 0. The van der Waals surface area contributed by atoms with E-state index in [-0.39, 0.29) is 5.97 Å². The Morgan fingerprint density at radius 3 is 3.00 bits per heavy atom. The number of esters is 1. The molecule has 2 rings (SSSR count). The number of nitrogens with zero attached hydrogens (tertiary/aromatic N) is 1. The second-order valence-corrected chi connectivity index (χ2v) is 5.62.